The van der Waals surface area contributed by atoms with Crippen molar-refractivity contribution in [3.63, 3.8) is 0 Å². The molecule has 0 aromatic heterocycles. The van der Waals surface area contributed by atoms with Crippen LogP contribution in [-0.2, 0) is 9.47 Å². The number of carbonyl (C=O) groups is 1. The molecule has 33 heavy (non-hydrogen) atoms. The van der Waals surface area contributed by atoms with Crippen LogP contribution in [0.25, 0.3) is 0 Å². The van der Waals surface area contributed by atoms with Gasteiger partial charge in [-0.25, -0.2) is 4.79 Å². The Morgan fingerprint density at radius 3 is 1.58 bits per heavy atom. The van der Waals surface area contributed by atoms with Crippen LogP contribution >= 0.6 is 0 Å². The number of hydrogen-bond acceptors (Lipinski definition) is 7. The first-order chi connectivity index (χ1) is 16.3. The molecule has 172 valence electrons. The normalized spacial score (nSPS) is 15.4. The molecule has 4 rings (SSSR count). The van der Waals surface area contributed by atoms with Crippen molar-refractivity contribution in [3.8, 4) is 23.0 Å². The van der Waals surface area contributed by atoms with Gasteiger partial charge in [0.2, 0.25) is 0 Å². The molecule has 7 heteroatoms. The first kappa shape index (κ1) is 22.5. The van der Waals surface area contributed by atoms with Gasteiger partial charge in [-0.1, -0.05) is 42.5 Å². The molecule has 0 aliphatic carbocycles. The minimum absolute atomic E-state index is 0.0818. The Labute approximate surface area is 192 Å². The second kappa shape index (κ2) is 11.8. The van der Waals surface area contributed by atoms with Crippen LogP contribution in [0.5, 0.6) is 23.0 Å². The van der Waals surface area contributed by atoms with Gasteiger partial charge in [0.1, 0.15) is 26.4 Å². The molecule has 0 saturated carbocycles. The van der Waals surface area contributed by atoms with E-state index >= 15 is 0 Å². The number of ether oxygens (including phenoxy) is 6. The first-order valence-corrected chi connectivity index (χ1v) is 10.8. The van der Waals surface area contributed by atoms with E-state index in [1.54, 1.807) is 36.4 Å². The predicted octanol–water partition coefficient (Wildman–Crippen LogP) is 4.16. The molecule has 0 saturated heterocycles. The molecule has 7 nitrogen and oxygen atoms in total. The van der Waals surface area contributed by atoms with E-state index in [0.29, 0.717) is 55.0 Å². The highest BCUT2D eigenvalue weighted by Crippen LogP contribution is 2.28. The summed E-state index contributed by atoms with van der Waals surface area (Å²) >= 11 is 0. The molecular weight excluding hydrogens is 424 g/mol. The molecule has 0 atom stereocenters. The van der Waals surface area contributed by atoms with Crippen molar-refractivity contribution < 1.29 is 33.2 Å². The summed E-state index contributed by atoms with van der Waals surface area (Å²) in [5.74, 6) is 1.82. The summed E-state index contributed by atoms with van der Waals surface area (Å²) in [6, 6.07) is 23.5. The van der Waals surface area contributed by atoms with Crippen LogP contribution in [-0.4, -0.2) is 51.7 Å². The van der Waals surface area contributed by atoms with Gasteiger partial charge in [0, 0.05) is 0 Å². The van der Waals surface area contributed by atoms with Crippen molar-refractivity contribution >= 4 is 5.97 Å². The van der Waals surface area contributed by atoms with E-state index < -0.39 is 12.1 Å². The summed E-state index contributed by atoms with van der Waals surface area (Å²) < 4.78 is 34.8. The summed E-state index contributed by atoms with van der Waals surface area (Å²) in [6.07, 6.45) is -0.671. The first-order valence-electron chi connectivity index (χ1n) is 10.8. The molecule has 0 bridgehead atoms. The summed E-state index contributed by atoms with van der Waals surface area (Å²) in [4.78, 5) is 12.7. The van der Waals surface area contributed by atoms with Crippen LogP contribution < -0.4 is 18.9 Å². The van der Waals surface area contributed by atoms with E-state index in [0.717, 1.165) is 0 Å². The third-order valence-electron chi connectivity index (χ3n) is 4.80. The molecular formula is C26H26O7. The minimum atomic E-state index is -0.671. The van der Waals surface area contributed by atoms with Crippen LogP contribution in [0.3, 0.4) is 0 Å². The summed E-state index contributed by atoms with van der Waals surface area (Å²) in [7, 11) is 0. The number of benzene rings is 3. The number of fused-ring (bicyclic) bond motifs is 2. The highest BCUT2D eigenvalue weighted by atomic mass is 16.6. The Morgan fingerprint density at radius 2 is 1.06 bits per heavy atom. The zero-order valence-electron chi connectivity index (χ0n) is 18.2. The molecule has 0 radical (unpaired) electrons. The Balaban J connectivity index is 1.53. The van der Waals surface area contributed by atoms with E-state index in [2.05, 4.69) is 0 Å². The maximum atomic E-state index is 12.7. The third-order valence-corrected chi connectivity index (χ3v) is 4.80. The minimum Gasteiger partial charge on any atom is -0.487 e. The molecule has 1 heterocycles. The molecule has 3 aromatic carbocycles. The van der Waals surface area contributed by atoms with Gasteiger partial charge < -0.3 is 28.4 Å². The molecule has 0 unspecified atom stereocenters. The highest BCUT2D eigenvalue weighted by Gasteiger charge is 2.20. The van der Waals surface area contributed by atoms with Crippen molar-refractivity contribution in [1.29, 1.82) is 0 Å². The Morgan fingerprint density at radius 1 is 0.606 bits per heavy atom. The van der Waals surface area contributed by atoms with Crippen molar-refractivity contribution in [1.82, 2.24) is 0 Å². The number of esters is 1. The Bertz CT molecular complexity index is 966. The summed E-state index contributed by atoms with van der Waals surface area (Å²) in [6.45, 7) is 1.72. The van der Waals surface area contributed by atoms with Gasteiger partial charge in [-0.05, 0) is 36.4 Å². The standard InChI is InChI=1S/C26H26O7/c27-26(20-8-2-1-3-9-20)33-21-18-31-24-12-6-4-10-22(24)29-16-14-28-15-17-30-23-11-5-7-13-25(23)32-19-21/h1-13,21H,14-19H2. The monoisotopic (exact) mass is 450 g/mol. The SMILES string of the molecule is O=C(OC1COc2ccccc2OCCOCCOc2ccccc2OC1)c1ccccc1. The van der Waals surface area contributed by atoms with Crippen molar-refractivity contribution in [2.45, 2.75) is 6.10 Å². The largest absolute Gasteiger partial charge is 0.487 e. The quantitative estimate of drug-likeness (QED) is 0.543. The van der Waals surface area contributed by atoms with Crippen LogP contribution in [0.15, 0.2) is 78.9 Å². The van der Waals surface area contributed by atoms with E-state index in [4.69, 9.17) is 28.4 Å². The molecule has 0 fully saturated rings. The Kier molecular flexibility index (Phi) is 8.03. The molecule has 0 spiro atoms. The lowest BCUT2D eigenvalue weighted by molar-refractivity contribution is 0.00135. The van der Waals surface area contributed by atoms with Gasteiger partial charge in [-0.2, -0.15) is 0 Å². The lowest BCUT2D eigenvalue weighted by Gasteiger charge is -2.21. The maximum absolute atomic E-state index is 12.7. The van der Waals surface area contributed by atoms with Crippen molar-refractivity contribution in [3.05, 3.63) is 84.4 Å². The Hall–Kier alpha value is -3.71. The van der Waals surface area contributed by atoms with E-state index in [1.165, 1.54) is 0 Å². The van der Waals surface area contributed by atoms with Gasteiger partial charge >= 0.3 is 5.97 Å². The number of carbonyl (C=O) groups excluding carboxylic acids is 1. The van der Waals surface area contributed by atoms with E-state index in [9.17, 15) is 4.79 Å². The van der Waals surface area contributed by atoms with Crippen LogP contribution in [0.1, 0.15) is 10.4 Å². The van der Waals surface area contributed by atoms with Gasteiger partial charge in [-0.15, -0.1) is 0 Å². The fourth-order valence-corrected chi connectivity index (χ4v) is 3.18. The second-order valence-electron chi connectivity index (χ2n) is 7.22. The van der Waals surface area contributed by atoms with Crippen LogP contribution in [0.4, 0.5) is 0 Å². The average molecular weight is 450 g/mol. The molecule has 0 N–H and O–H groups in total. The highest BCUT2D eigenvalue weighted by molar-refractivity contribution is 5.89. The molecule has 1 aliphatic heterocycles. The van der Waals surface area contributed by atoms with Gasteiger partial charge in [0.25, 0.3) is 0 Å². The fourth-order valence-electron chi connectivity index (χ4n) is 3.18. The average Bonchev–Trinajstić information content (AvgIpc) is 2.86. The number of para-hydroxylation sites is 4. The van der Waals surface area contributed by atoms with Crippen LogP contribution in [0, 0.1) is 0 Å². The zero-order chi connectivity index (χ0) is 22.7. The predicted molar refractivity (Wildman–Crippen MR) is 121 cm³/mol. The maximum Gasteiger partial charge on any atom is 0.338 e. The van der Waals surface area contributed by atoms with Crippen LogP contribution in [0.2, 0.25) is 0 Å². The zero-order valence-corrected chi connectivity index (χ0v) is 18.2. The number of rotatable bonds is 2. The van der Waals surface area contributed by atoms with E-state index in [1.807, 2.05) is 42.5 Å². The molecule has 1 aliphatic rings. The lowest BCUT2D eigenvalue weighted by atomic mass is 10.2. The van der Waals surface area contributed by atoms with Crippen molar-refractivity contribution in [2.24, 2.45) is 0 Å². The van der Waals surface area contributed by atoms with Gasteiger partial charge in [0.15, 0.2) is 29.1 Å². The summed E-state index contributed by atoms with van der Waals surface area (Å²) in [5.41, 5.74) is 0.456. The smallest absolute Gasteiger partial charge is 0.338 e. The van der Waals surface area contributed by atoms with Gasteiger partial charge in [-0.3, -0.25) is 0 Å². The summed E-state index contributed by atoms with van der Waals surface area (Å²) in [5, 5.41) is 0. The topological polar surface area (TPSA) is 72.5 Å². The number of hydrogen-bond donors (Lipinski definition) is 0. The fraction of sp³-hybridized carbons (Fsp3) is 0.269. The van der Waals surface area contributed by atoms with Gasteiger partial charge in [0.05, 0.1) is 18.8 Å². The molecule has 3 aromatic rings. The van der Waals surface area contributed by atoms with Crippen molar-refractivity contribution in [2.75, 3.05) is 39.6 Å². The second-order valence-corrected chi connectivity index (χ2v) is 7.22. The molecule has 0 amide bonds. The van der Waals surface area contributed by atoms with E-state index in [-0.39, 0.29) is 13.2 Å². The third kappa shape index (κ3) is 6.63. The lowest BCUT2D eigenvalue weighted by Crippen LogP contribution is -2.31.